The number of piperidine rings is 1. The molecule has 0 aliphatic carbocycles. The summed E-state index contributed by atoms with van der Waals surface area (Å²) in [6.45, 7) is 5.36. The Hall–Kier alpha value is -2.70. The second-order valence-electron chi connectivity index (χ2n) is 8.09. The first-order valence-electron chi connectivity index (χ1n) is 10.5. The number of carbonyl (C=O) groups is 1. The van der Waals surface area contributed by atoms with Crippen LogP contribution in [0, 0.1) is 6.92 Å². The summed E-state index contributed by atoms with van der Waals surface area (Å²) in [4.78, 5) is 13.8. The molecular formula is C24H28FN3O2. The summed E-state index contributed by atoms with van der Waals surface area (Å²) in [5.74, 6) is -0.512. The molecule has 2 aromatic carbocycles. The lowest BCUT2D eigenvalue weighted by atomic mass is 10.0. The molecule has 1 fully saturated rings. The van der Waals surface area contributed by atoms with Crippen LogP contribution in [0.25, 0.3) is 10.9 Å². The molecule has 0 spiro atoms. The summed E-state index contributed by atoms with van der Waals surface area (Å²) in [6, 6.07) is 15.7. The average molecular weight is 410 g/mol. The van der Waals surface area contributed by atoms with Crippen molar-refractivity contribution < 1.29 is 14.4 Å². The molecule has 1 unspecified atom stereocenters. The van der Waals surface area contributed by atoms with E-state index in [9.17, 15) is 9.18 Å². The van der Waals surface area contributed by atoms with E-state index in [1.807, 2.05) is 12.1 Å². The molecule has 5 nitrogen and oxygen atoms in total. The first kappa shape index (κ1) is 20.6. The molecule has 2 heterocycles. The normalized spacial score (nSPS) is 17.4. The van der Waals surface area contributed by atoms with Gasteiger partial charge in [-0.2, -0.15) is 0 Å². The van der Waals surface area contributed by atoms with Crippen molar-refractivity contribution in [1.29, 1.82) is 0 Å². The highest BCUT2D eigenvalue weighted by atomic mass is 19.1. The number of carbonyl (C=O) groups excluding carboxylic acids is 1. The largest absolute Gasteiger partial charge is 0.343 e. The fourth-order valence-electron chi connectivity index (χ4n) is 4.50. The van der Waals surface area contributed by atoms with E-state index < -0.39 is 12.1 Å². The zero-order valence-corrected chi connectivity index (χ0v) is 17.3. The number of fused-ring (bicyclic) bond motifs is 1. The van der Waals surface area contributed by atoms with Crippen LogP contribution >= 0.6 is 0 Å². The maximum Gasteiger partial charge on any atom is 0.274 e. The Balaban J connectivity index is 1.58. The first-order valence-corrected chi connectivity index (χ1v) is 10.5. The van der Waals surface area contributed by atoms with Crippen molar-refractivity contribution in [2.75, 3.05) is 19.6 Å². The van der Waals surface area contributed by atoms with Gasteiger partial charge in [0.05, 0.1) is 0 Å². The van der Waals surface area contributed by atoms with Crippen LogP contribution in [0.4, 0.5) is 4.39 Å². The van der Waals surface area contributed by atoms with Crippen molar-refractivity contribution in [1.82, 2.24) is 14.9 Å². The van der Waals surface area contributed by atoms with Crippen molar-refractivity contribution in [2.24, 2.45) is 0 Å². The van der Waals surface area contributed by atoms with E-state index in [1.54, 1.807) is 17.6 Å². The highest BCUT2D eigenvalue weighted by Gasteiger charge is 2.20. The lowest BCUT2D eigenvalue weighted by Crippen LogP contribution is -2.38. The number of hydrogen-bond donors (Lipinski definition) is 2. The van der Waals surface area contributed by atoms with Gasteiger partial charge in [-0.15, -0.1) is 0 Å². The molecule has 1 aliphatic rings. The number of rotatable bonds is 6. The molecule has 0 radical (unpaired) electrons. The van der Waals surface area contributed by atoms with E-state index in [0.717, 1.165) is 38.0 Å². The van der Waals surface area contributed by atoms with E-state index in [1.165, 1.54) is 22.2 Å². The molecule has 4 rings (SSSR count). The zero-order valence-electron chi connectivity index (χ0n) is 17.3. The molecule has 158 valence electrons. The second kappa shape index (κ2) is 8.98. The number of halogens is 1. The Bertz CT molecular complexity index is 1030. The van der Waals surface area contributed by atoms with Crippen LogP contribution in [-0.2, 0) is 13.0 Å². The molecule has 1 atom stereocenters. The SMILES string of the molecule is Cc1c(Cc2ccc(C(=O)NO)cc2)c2ccccc2n1CCN1CCCC(F)C1. The minimum atomic E-state index is -0.701. The number of amides is 1. The Morgan fingerprint density at radius 1 is 1.17 bits per heavy atom. The topological polar surface area (TPSA) is 57.5 Å². The fourth-order valence-corrected chi connectivity index (χ4v) is 4.50. The average Bonchev–Trinajstić information content (AvgIpc) is 3.03. The third-order valence-electron chi connectivity index (χ3n) is 6.15. The quantitative estimate of drug-likeness (QED) is 0.476. The van der Waals surface area contributed by atoms with Gasteiger partial charge >= 0.3 is 0 Å². The third kappa shape index (κ3) is 4.25. The second-order valence-corrected chi connectivity index (χ2v) is 8.09. The van der Waals surface area contributed by atoms with Gasteiger partial charge in [-0.25, -0.2) is 9.87 Å². The van der Waals surface area contributed by atoms with Crippen molar-refractivity contribution in [3.05, 3.63) is 70.9 Å². The fraction of sp³-hybridized carbons (Fsp3) is 0.375. The van der Waals surface area contributed by atoms with Crippen LogP contribution < -0.4 is 5.48 Å². The van der Waals surface area contributed by atoms with Crippen LogP contribution in [0.2, 0.25) is 0 Å². The van der Waals surface area contributed by atoms with Gasteiger partial charge in [0.1, 0.15) is 6.17 Å². The monoisotopic (exact) mass is 409 g/mol. The van der Waals surface area contributed by atoms with Gasteiger partial charge < -0.3 is 4.57 Å². The van der Waals surface area contributed by atoms with E-state index in [4.69, 9.17) is 5.21 Å². The predicted octanol–water partition coefficient (Wildman–Crippen LogP) is 4.09. The number of para-hydroxylation sites is 1. The molecular weight excluding hydrogens is 381 g/mol. The van der Waals surface area contributed by atoms with Gasteiger partial charge in [-0.1, -0.05) is 30.3 Å². The molecule has 2 N–H and O–H groups in total. The Labute approximate surface area is 176 Å². The van der Waals surface area contributed by atoms with Gasteiger partial charge in [-0.3, -0.25) is 14.9 Å². The van der Waals surface area contributed by atoms with Gasteiger partial charge in [0, 0.05) is 41.8 Å². The lowest BCUT2D eigenvalue weighted by molar-refractivity contribution is 0.0706. The highest BCUT2D eigenvalue weighted by molar-refractivity contribution is 5.93. The Kier molecular flexibility index (Phi) is 6.16. The van der Waals surface area contributed by atoms with Gasteiger partial charge in [0.2, 0.25) is 0 Å². The standard InChI is InChI=1S/C24H28FN3O2/c1-17-22(15-18-8-10-19(11-9-18)24(29)26-30)21-6-2-3-7-23(21)28(17)14-13-27-12-4-5-20(25)16-27/h2-3,6-11,20,30H,4-5,12-16H2,1H3,(H,26,29). The summed E-state index contributed by atoms with van der Waals surface area (Å²) in [5, 5.41) is 10.0. The predicted molar refractivity (Wildman–Crippen MR) is 116 cm³/mol. The van der Waals surface area contributed by atoms with E-state index in [-0.39, 0.29) is 0 Å². The molecule has 0 saturated carbocycles. The number of likely N-dealkylation sites (tertiary alicyclic amines) is 1. The number of benzene rings is 2. The molecule has 3 aromatic rings. The zero-order chi connectivity index (χ0) is 21.1. The van der Waals surface area contributed by atoms with Gasteiger partial charge in [0.15, 0.2) is 0 Å². The summed E-state index contributed by atoms with van der Waals surface area (Å²) >= 11 is 0. The maximum atomic E-state index is 13.8. The van der Waals surface area contributed by atoms with Crippen molar-refractivity contribution >= 4 is 16.8 Å². The molecule has 1 saturated heterocycles. The molecule has 30 heavy (non-hydrogen) atoms. The van der Waals surface area contributed by atoms with Gasteiger partial charge in [-0.05, 0) is 62.1 Å². The van der Waals surface area contributed by atoms with Crippen LogP contribution in [0.15, 0.2) is 48.5 Å². The van der Waals surface area contributed by atoms with Crippen LogP contribution in [0.5, 0.6) is 0 Å². The van der Waals surface area contributed by atoms with Gasteiger partial charge in [0.25, 0.3) is 5.91 Å². The lowest BCUT2D eigenvalue weighted by Gasteiger charge is -2.29. The summed E-state index contributed by atoms with van der Waals surface area (Å²) < 4.78 is 16.1. The van der Waals surface area contributed by atoms with E-state index in [0.29, 0.717) is 18.5 Å². The highest BCUT2D eigenvalue weighted by Crippen LogP contribution is 2.28. The number of hydrogen-bond acceptors (Lipinski definition) is 3. The number of aromatic nitrogens is 1. The maximum absolute atomic E-state index is 13.8. The van der Waals surface area contributed by atoms with E-state index in [2.05, 4.69) is 40.7 Å². The molecule has 1 aliphatic heterocycles. The number of hydroxylamine groups is 1. The number of nitrogens with one attached hydrogen (secondary N) is 1. The Morgan fingerprint density at radius 2 is 1.93 bits per heavy atom. The van der Waals surface area contributed by atoms with Crippen LogP contribution in [0.1, 0.15) is 40.0 Å². The molecule has 1 aromatic heterocycles. The summed E-state index contributed by atoms with van der Waals surface area (Å²) in [7, 11) is 0. The van der Waals surface area contributed by atoms with Crippen molar-refractivity contribution in [2.45, 2.75) is 38.9 Å². The molecule has 0 bridgehead atoms. The first-order chi connectivity index (χ1) is 14.6. The third-order valence-corrected chi connectivity index (χ3v) is 6.15. The van der Waals surface area contributed by atoms with Crippen LogP contribution in [0.3, 0.4) is 0 Å². The van der Waals surface area contributed by atoms with Crippen molar-refractivity contribution in [3.63, 3.8) is 0 Å². The van der Waals surface area contributed by atoms with Crippen LogP contribution in [-0.4, -0.2) is 46.4 Å². The molecule has 1 amide bonds. The Morgan fingerprint density at radius 3 is 2.67 bits per heavy atom. The van der Waals surface area contributed by atoms with E-state index >= 15 is 0 Å². The summed E-state index contributed by atoms with van der Waals surface area (Å²) in [6.07, 6.45) is 1.68. The minimum Gasteiger partial charge on any atom is -0.343 e. The van der Waals surface area contributed by atoms with Crippen molar-refractivity contribution in [3.8, 4) is 0 Å². The summed E-state index contributed by atoms with van der Waals surface area (Å²) in [5.41, 5.74) is 6.89. The smallest absolute Gasteiger partial charge is 0.274 e. The number of alkyl halides is 1. The minimum absolute atomic E-state index is 0.424. The molecule has 6 heteroatoms. The number of nitrogens with zero attached hydrogens (tertiary/aromatic N) is 2.